The molecule has 37 heavy (non-hydrogen) atoms. The third-order valence-electron chi connectivity index (χ3n) is 5.89. The lowest BCUT2D eigenvalue weighted by Gasteiger charge is -2.36. The van der Waals surface area contributed by atoms with Crippen molar-refractivity contribution < 1.29 is 31.9 Å². The number of ether oxygens (including phenoxy) is 2. The van der Waals surface area contributed by atoms with E-state index in [-0.39, 0.29) is 36.0 Å². The van der Waals surface area contributed by atoms with E-state index in [4.69, 9.17) is 21.1 Å². The number of methoxy groups -OCH3 is 1. The number of nitrogens with zero attached hydrogens (tertiary/aromatic N) is 3. The number of hydrogen-bond donors (Lipinski definition) is 1. The highest BCUT2D eigenvalue weighted by Gasteiger charge is 2.40. The number of rotatable bonds is 7. The summed E-state index contributed by atoms with van der Waals surface area (Å²) in [5, 5.41) is 5.48. The molecule has 1 N–H and O–H groups in total. The number of nitrogens with one attached hydrogen (secondary N) is 1. The fourth-order valence-electron chi connectivity index (χ4n) is 4.15. The number of carbonyl (C=O) groups excluding carboxylic acids is 2. The first-order valence-electron chi connectivity index (χ1n) is 11.3. The fraction of sp³-hybridized carbons (Fsp3) is 0.391. The second kappa shape index (κ2) is 11.3. The largest absolute Gasteiger partial charge is 0.468 e. The van der Waals surface area contributed by atoms with Gasteiger partial charge in [-0.1, -0.05) is 17.7 Å². The van der Waals surface area contributed by atoms with Crippen molar-refractivity contribution in [3.05, 3.63) is 62.5 Å². The average Bonchev–Trinajstić information content (AvgIpc) is 3.39. The van der Waals surface area contributed by atoms with Crippen LogP contribution < -0.4 is 5.32 Å². The monoisotopic (exact) mass is 570 g/mol. The highest BCUT2D eigenvalue weighted by atomic mass is 35.5. The normalized spacial score (nSPS) is 21.7. The van der Waals surface area contributed by atoms with Gasteiger partial charge in [0.05, 0.1) is 30.8 Å². The third kappa shape index (κ3) is 6.00. The number of carbonyl (C=O) groups is 2. The molecule has 1 saturated heterocycles. The van der Waals surface area contributed by atoms with Crippen LogP contribution in [-0.4, -0.2) is 80.4 Å². The van der Waals surface area contributed by atoms with Crippen molar-refractivity contribution >= 4 is 50.5 Å². The number of benzene rings is 1. The average molecular weight is 571 g/mol. The van der Waals surface area contributed by atoms with Crippen LogP contribution >= 0.6 is 22.9 Å². The minimum absolute atomic E-state index is 0.0247. The molecule has 0 spiro atoms. The molecule has 2 aliphatic rings. The van der Waals surface area contributed by atoms with Crippen molar-refractivity contribution in [1.29, 1.82) is 0 Å². The first-order valence-corrected chi connectivity index (χ1v) is 14.3. The van der Waals surface area contributed by atoms with E-state index in [1.807, 2.05) is 0 Å². The van der Waals surface area contributed by atoms with Gasteiger partial charge in [-0.3, -0.25) is 14.7 Å². The molecule has 2 aliphatic heterocycles. The summed E-state index contributed by atoms with van der Waals surface area (Å²) in [5.41, 5.74) is 0.801. The lowest BCUT2D eigenvalue weighted by molar-refractivity contribution is -0.146. The van der Waals surface area contributed by atoms with Gasteiger partial charge in [-0.2, -0.15) is 0 Å². The van der Waals surface area contributed by atoms with Crippen LogP contribution in [0, 0.1) is 5.82 Å². The van der Waals surface area contributed by atoms with Gasteiger partial charge in [0.2, 0.25) is 0 Å². The number of aromatic nitrogens is 1. The summed E-state index contributed by atoms with van der Waals surface area (Å²) in [7, 11) is -2.28. The van der Waals surface area contributed by atoms with Crippen molar-refractivity contribution in [2.75, 3.05) is 38.3 Å². The molecule has 0 aliphatic carbocycles. The molecule has 198 valence electrons. The Kier molecular flexibility index (Phi) is 8.26. The lowest BCUT2D eigenvalue weighted by Crippen LogP contribution is -2.54. The van der Waals surface area contributed by atoms with Crippen LogP contribution in [0.25, 0.3) is 0 Å². The smallest absolute Gasteiger partial charge is 0.338 e. The van der Waals surface area contributed by atoms with Gasteiger partial charge in [0.25, 0.3) is 0 Å². The molecule has 0 bridgehead atoms. The predicted octanol–water partition coefficient (Wildman–Crippen LogP) is 2.12. The summed E-state index contributed by atoms with van der Waals surface area (Å²) in [6.45, 7) is 1.74. The number of aliphatic imine (C=N–C) groups is 1. The highest BCUT2D eigenvalue weighted by Crippen LogP contribution is 2.37. The molecule has 10 nitrogen and oxygen atoms in total. The molecule has 2 atom stereocenters. The van der Waals surface area contributed by atoms with Crippen molar-refractivity contribution in [2.24, 2.45) is 4.99 Å². The van der Waals surface area contributed by atoms with Gasteiger partial charge >= 0.3 is 11.9 Å². The highest BCUT2D eigenvalue weighted by molar-refractivity contribution is 7.91. The zero-order valence-corrected chi connectivity index (χ0v) is 22.3. The van der Waals surface area contributed by atoms with Gasteiger partial charge in [-0.25, -0.2) is 22.6 Å². The quantitative estimate of drug-likeness (QED) is 0.498. The Hall–Kier alpha value is -2.87. The second-order valence-corrected chi connectivity index (χ2v) is 11.8. The van der Waals surface area contributed by atoms with E-state index < -0.39 is 45.4 Å². The molecule has 0 amide bonds. The first kappa shape index (κ1) is 27.2. The molecule has 1 aromatic heterocycles. The molecule has 2 aromatic rings. The van der Waals surface area contributed by atoms with Crippen LogP contribution in [0.5, 0.6) is 0 Å². The second-order valence-electron chi connectivity index (χ2n) is 8.24. The van der Waals surface area contributed by atoms with Gasteiger partial charge in [-0.05, 0) is 19.1 Å². The Morgan fingerprint density at radius 2 is 2.14 bits per heavy atom. The number of halogens is 2. The Morgan fingerprint density at radius 3 is 2.78 bits per heavy atom. The maximum atomic E-state index is 13.8. The maximum Gasteiger partial charge on any atom is 0.338 e. The minimum Gasteiger partial charge on any atom is -0.468 e. The first-order chi connectivity index (χ1) is 17.6. The third-order valence-corrected chi connectivity index (χ3v) is 8.63. The van der Waals surface area contributed by atoms with Crippen molar-refractivity contribution in [1.82, 2.24) is 15.2 Å². The van der Waals surface area contributed by atoms with E-state index in [1.54, 1.807) is 23.4 Å². The molecule has 3 heterocycles. The van der Waals surface area contributed by atoms with Crippen LogP contribution in [0.2, 0.25) is 5.02 Å². The summed E-state index contributed by atoms with van der Waals surface area (Å²) in [6.07, 6.45) is 1.59. The zero-order valence-electron chi connectivity index (χ0n) is 19.9. The lowest BCUT2D eigenvalue weighted by atomic mass is 9.95. The van der Waals surface area contributed by atoms with Gasteiger partial charge in [-0.15, -0.1) is 11.3 Å². The maximum absolute atomic E-state index is 13.8. The Morgan fingerprint density at radius 1 is 1.35 bits per heavy atom. The summed E-state index contributed by atoms with van der Waals surface area (Å²) >= 11 is 7.69. The predicted molar refractivity (Wildman–Crippen MR) is 136 cm³/mol. The molecule has 1 aromatic carbocycles. The molecule has 2 unspecified atom stereocenters. The van der Waals surface area contributed by atoms with Gasteiger partial charge in [0.1, 0.15) is 17.9 Å². The molecule has 0 saturated carbocycles. The number of esters is 2. The van der Waals surface area contributed by atoms with Crippen LogP contribution in [-0.2, 0) is 28.9 Å². The molecule has 0 radical (unpaired) electrons. The molecule has 1 fully saturated rings. The number of thiazole rings is 1. The summed E-state index contributed by atoms with van der Waals surface area (Å²) in [5.74, 6) is -2.18. The van der Waals surface area contributed by atoms with Crippen LogP contribution in [0.15, 0.2) is 46.0 Å². The SMILES string of the molecule is CCOC(=O)C1=C(CN2CCS(=O)(=O)CC2C(=O)OC)NC(c2nccs2)=NC1c1ccc(F)cc1Cl. The zero-order chi connectivity index (χ0) is 26.7. The van der Waals surface area contributed by atoms with E-state index in [2.05, 4.69) is 15.3 Å². The van der Waals surface area contributed by atoms with Gasteiger partial charge in [0.15, 0.2) is 20.7 Å². The summed E-state index contributed by atoms with van der Waals surface area (Å²) in [4.78, 5) is 36.4. The van der Waals surface area contributed by atoms with Crippen LogP contribution in [0.1, 0.15) is 23.5 Å². The van der Waals surface area contributed by atoms with Crippen LogP contribution in [0.3, 0.4) is 0 Å². The molecular formula is C23H24ClFN4O6S2. The summed E-state index contributed by atoms with van der Waals surface area (Å²) < 4.78 is 48.6. The topological polar surface area (TPSA) is 127 Å². The Balaban J connectivity index is 1.84. The van der Waals surface area contributed by atoms with Gasteiger partial charge in [0, 0.05) is 40.9 Å². The molecular weight excluding hydrogens is 547 g/mol. The van der Waals surface area contributed by atoms with Gasteiger partial charge < -0.3 is 14.8 Å². The van der Waals surface area contributed by atoms with E-state index in [9.17, 15) is 22.4 Å². The van der Waals surface area contributed by atoms with E-state index in [0.29, 0.717) is 22.1 Å². The Labute approximate surface area is 222 Å². The van der Waals surface area contributed by atoms with E-state index in [0.717, 1.165) is 6.07 Å². The van der Waals surface area contributed by atoms with E-state index >= 15 is 0 Å². The number of sulfone groups is 1. The number of amidine groups is 1. The van der Waals surface area contributed by atoms with Crippen molar-refractivity contribution in [3.63, 3.8) is 0 Å². The minimum atomic E-state index is -3.46. The fourth-order valence-corrected chi connectivity index (χ4v) is 6.52. The van der Waals surface area contributed by atoms with E-state index in [1.165, 1.54) is 30.6 Å². The Bertz CT molecular complexity index is 1360. The molecule has 14 heteroatoms. The number of hydrogen-bond acceptors (Lipinski definition) is 11. The van der Waals surface area contributed by atoms with Crippen molar-refractivity contribution in [2.45, 2.75) is 19.0 Å². The van der Waals surface area contributed by atoms with Crippen molar-refractivity contribution in [3.8, 4) is 0 Å². The standard InChI is InChI=1S/C23H24ClFN4O6S2/c1-3-35-23(31)18-16(11-29-7-9-37(32,33)12-17(29)22(30)34-2)27-20(21-26-6-8-36-21)28-19(18)14-5-4-13(25)10-15(14)24/h4-6,8,10,17,19H,3,7,9,11-12H2,1-2H3,(H,27,28). The summed E-state index contributed by atoms with van der Waals surface area (Å²) in [6, 6.07) is 1.73. The van der Waals surface area contributed by atoms with Crippen LogP contribution in [0.4, 0.5) is 4.39 Å². The molecule has 4 rings (SSSR count).